The Morgan fingerprint density at radius 2 is 1.88 bits per heavy atom. The smallest absolute Gasteiger partial charge is 0.518 e. The van der Waals surface area contributed by atoms with Crippen LogP contribution in [0.25, 0.3) is 0 Å². The summed E-state index contributed by atoms with van der Waals surface area (Å²) < 4.78 is 35.4. The van der Waals surface area contributed by atoms with Crippen LogP contribution in [0.1, 0.15) is 19.8 Å². The average Bonchev–Trinajstić information content (AvgIpc) is 2.49. The summed E-state index contributed by atoms with van der Waals surface area (Å²) in [6.45, 7) is 0.711. The molecule has 13 heteroatoms. The Morgan fingerprint density at radius 1 is 1.29 bits per heavy atom. The minimum atomic E-state index is -5.12. The molecule has 0 saturated carbocycles. The van der Waals surface area contributed by atoms with E-state index in [1.165, 1.54) is 6.92 Å². The van der Waals surface area contributed by atoms with Crippen LogP contribution < -0.4 is 0 Å². The molecule has 0 radical (unpaired) electrons. The molecule has 1 rings (SSSR count). The van der Waals surface area contributed by atoms with E-state index < -0.39 is 62.1 Å². The van der Waals surface area contributed by atoms with E-state index >= 15 is 0 Å². The molecule has 24 heavy (non-hydrogen) atoms. The molecule has 1 heterocycles. The molecule has 0 aromatic rings. The molecule has 1 aliphatic rings. The summed E-state index contributed by atoms with van der Waals surface area (Å²) >= 11 is 0.401. The van der Waals surface area contributed by atoms with E-state index in [9.17, 15) is 34.1 Å². The Kier molecular flexibility index (Phi) is 7.83. The van der Waals surface area contributed by atoms with Crippen molar-refractivity contribution >= 4 is 27.1 Å². The summed E-state index contributed by atoms with van der Waals surface area (Å²) in [6.07, 6.45) is -7.38. The molecule has 1 saturated heterocycles. The summed E-state index contributed by atoms with van der Waals surface area (Å²) in [5.41, 5.74) is -1.39. The third-order valence-electron chi connectivity index (χ3n) is 3.29. The molecule has 11 nitrogen and oxygen atoms in total. The van der Waals surface area contributed by atoms with Crippen molar-refractivity contribution in [3.63, 3.8) is 0 Å². The molecule has 0 aromatic carbocycles. The first kappa shape index (κ1) is 21.5. The summed E-state index contributed by atoms with van der Waals surface area (Å²) in [5.74, 6) is 0. The van der Waals surface area contributed by atoms with Gasteiger partial charge in [0.25, 0.3) is 0 Å². The van der Waals surface area contributed by atoms with Crippen molar-refractivity contribution in [3.05, 3.63) is 5.21 Å². The molecular weight excluding hydrogens is 370 g/mol. The second-order valence-electron chi connectivity index (χ2n) is 5.30. The summed E-state index contributed by atoms with van der Waals surface area (Å²) in [5, 5.41) is 58.8. The monoisotopic (exact) mass is 391 g/mol. The quantitative estimate of drug-likeness (QED) is 0.0694. The van der Waals surface area contributed by atoms with Gasteiger partial charge in [-0.05, 0) is 25.1 Å². The SMILES string of the molecule is C[C@H](O)CC/C(S[C@@H]1O[C@H](CO)[C@@H](O)[C@H](O)[C@H]1O)=[N+](\[O-])S(=O)(=O)O. The lowest BCUT2D eigenvalue weighted by molar-refractivity contribution is -0.290. The lowest BCUT2D eigenvalue weighted by atomic mass is 10.0. The Balaban J connectivity index is 3.04. The fraction of sp³-hybridized carbons (Fsp3) is 0.909. The van der Waals surface area contributed by atoms with E-state index in [-0.39, 0.29) is 12.8 Å². The molecule has 6 N–H and O–H groups in total. The number of thioether (sulfide) groups is 1. The highest BCUT2D eigenvalue weighted by molar-refractivity contribution is 8.14. The van der Waals surface area contributed by atoms with E-state index in [2.05, 4.69) is 0 Å². The van der Waals surface area contributed by atoms with Gasteiger partial charge >= 0.3 is 10.3 Å². The second kappa shape index (κ2) is 8.73. The zero-order chi connectivity index (χ0) is 18.7. The van der Waals surface area contributed by atoms with Gasteiger partial charge in [0.15, 0.2) is 0 Å². The lowest BCUT2D eigenvalue weighted by Crippen LogP contribution is -2.57. The van der Waals surface area contributed by atoms with Crippen LogP contribution >= 0.6 is 11.8 Å². The van der Waals surface area contributed by atoms with Crippen molar-refractivity contribution in [2.75, 3.05) is 6.61 Å². The first-order valence-corrected chi connectivity index (χ1v) is 9.22. The first-order valence-electron chi connectivity index (χ1n) is 6.95. The van der Waals surface area contributed by atoms with Gasteiger partial charge in [0, 0.05) is 6.42 Å². The number of nitrogens with zero attached hydrogens (tertiary/aromatic N) is 1. The first-order chi connectivity index (χ1) is 11.0. The highest BCUT2D eigenvalue weighted by Gasteiger charge is 2.45. The highest BCUT2D eigenvalue weighted by Crippen LogP contribution is 2.30. The number of aliphatic hydroxyl groups is 5. The Hall–Kier alpha value is -0.510. The molecule has 1 aliphatic heterocycles. The largest absolute Gasteiger partial charge is 0.605 e. The number of hydrogen-bond acceptors (Lipinski definition) is 10. The van der Waals surface area contributed by atoms with Crippen molar-refractivity contribution in [1.29, 1.82) is 0 Å². The maximum absolute atomic E-state index is 11.7. The average molecular weight is 391 g/mol. The molecular formula is C11H21NO10S2. The molecule has 142 valence electrons. The van der Waals surface area contributed by atoms with Gasteiger partial charge in [-0.25, -0.2) is 4.55 Å². The van der Waals surface area contributed by atoms with Gasteiger partial charge in [-0.1, -0.05) is 4.14 Å². The predicted molar refractivity (Wildman–Crippen MR) is 82.5 cm³/mol. The van der Waals surface area contributed by atoms with E-state index in [4.69, 9.17) is 14.4 Å². The minimum absolute atomic E-state index is 0.0198. The van der Waals surface area contributed by atoms with Crippen molar-refractivity contribution in [2.24, 2.45) is 0 Å². The van der Waals surface area contributed by atoms with Crippen LogP contribution in [0, 0.1) is 5.21 Å². The van der Waals surface area contributed by atoms with Gasteiger partial charge in [-0.2, -0.15) is 0 Å². The number of hydrogen-bond donors (Lipinski definition) is 6. The number of rotatable bonds is 6. The van der Waals surface area contributed by atoms with Gasteiger partial charge in [0.1, 0.15) is 29.9 Å². The van der Waals surface area contributed by atoms with E-state index in [0.717, 1.165) is 0 Å². The molecule has 0 aliphatic carbocycles. The zero-order valence-corrected chi connectivity index (χ0v) is 14.3. The topological polar surface area (TPSA) is 191 Å². The van der Waals surface area contributed by atoms with Gasteiger partial charge in [0.2, 0.25) is 5.04 Å². The van der Waals surface area contributed by atoms with Crippen LogP contribution in [-0.2, 0) is 15.0 Å². The second-order valence-corrected chi connectivity index (χ2v) is 7.70. The lowest BCUT2D eigenvalue weighted by Gasteiger charge is -2.39. The maximum Gasteiger partial charge on any atom is 0.518 e. The normalized spacial score (nSPS) is 33.9. The van der Waals surface area contributed by atoms with Crippen LogP contribution in [-0.4, -0.2) is 90.3 Å². The highest BCUT2D eigenvalue weighted by atomic mass is 32.2. The van der Waals surface area contributed by atoms with E-state index in [0.29, 0.717) is 11.8 Å². The van der Waals surface area contributed by atoms with Gasteiger partial charge < -0.3 is 35.5 Å². The van der Waals surface area contributed by atoms with Crippen LogP contribution in [0.4, 0.5) is 0 Å². The fourth-order valence-electron chi connectivity index (χ4n) is 1.95. The fourth-order valence-corrected chi connectivity index (χ4v) is 3.80. The zero-order valence-electron chi connectivity index (χ0n) is 12.7. The molecule has 1 fully saturated rings. The molecule has 0 bridgehead atoms. The molecule has 6 atom stereocenters. The van der Waals surface area contributed by atoms with Gasteiger partial charge in [-0.3, -0.25) is 0 Å². The van der Waals surface area contributed by atoms with Crippen molar-refractivity contribution < 1.29 is 47.4 Å². The third kappa shape index (κ3) is 5.50. The molecule has 0 spiro atoms. The van der Waals surface area contributed by atoms with Crippen LogP contribution in [0.5, 0.6) is 0 Å². The van der Waals surface area contributed by atoms with Crippen molar-refractivity contribution in [3.8, 4) is 0 Å². The summed E-state index contributed by atoms with van der Waals surface area (Å²) in [7, 11) is -5.12. The minimum Gasteiger partial charge on any atom is -0.605 e. The third-order valence-corrected chi connectivity index (χ3v) is 5.31. The predicted octanol–water partition coefficient (Wildman–Crippen LogP) is -2.61. The molecule has 0 unspecified atom stereocenters. The Bertz CT molecular complexity index is 549. The molecule has 0 aromatic heterocycles. The van der Waals surface area contributed by atoms with E-state index in [1.54, 1.807) is 0 Å². The van der Waals surface area contributed by atoms with Crippen LogP contribution in [0.15, 0.2) is 0 Å². The van der Waals surface area contributed by atoms with E-state index in [1.807, 2.05) is 0 Å². The van der Waals surface area contributed by atoms with Crippen LogP contribution in [0.2, 0.25) is 0 Å². The summed E-state index contributed by atoms with van der Waals surface area (Å²) in [6, 6.07) is 0. The van der Waals surface area contributed by atoms with Crippen molar-refractivity contribution in [1.82, 2.24) is 0 Å². The van der Waals surface area contributed by atoms with Gasteiger partial charge in [-0.15, -0.1) is 8.42 Å². The summed E-state index contributed by atoms with van der Waals surface area (Å²) in [4.78, 5) is 0. The Labute approximate surface area is 142 Å². The maximum atomic E-state index is 11.7. The number of ether oxygens (including phenoxy) is 1. The van der Waals surface area contributed by atoms with Crippen LogP contribution in [0.3, 0.4) is 0 Å². The number of aliphatic hydroxyl groups excluding tert-OH is 5. The standard InChI is InChI=1S/C11H21NO10S2/c1-5(14)2-3-7(12(18)24(19,20)21)23-11-10(17)9(16)8(15)6(4-13)22-11/h5-6,8-11,13-17H,2-4H2,1H3,(H,19,20,21)/b12-7-/t5-,6+,8+,9-,10+,11-/m0/s1. The molecule has 0 amide bonds. The van der Waals surface area contributed by atoms with Gasteiger partial charge in [0.05, 0.1) is 12.7 Å². The Morgan fingerprint density at radius 3 is 2.33 bits per heavy atom. The van der Waals surface area contributed by atoms with Crippen molar-refractivity contribution in [2.45, 2.75) is 55.7 Å².